The number of piperazine rings is 1. The van der Waals surface area contributed by atoms with Gasteiger partial charge in [0.2, 0.25) is 0 Å². The van der Waals surface area contributed by atoms with Crippen LogP contribution >= 0.6 is 0 Å². The van der Waals surface area contributed by atoms with Crippen molar-refractivity contribution in [2.75, 3.05) is 39.8 Å². The Morgan fingerprint density at radius 2 is 2.06 bits per heavy atom. The Balaban J connectivity index is 1.25. The number of ether oxygens (including phenoxy) is 1. The van der Waals surface area contributed by atoms with E-state index in [0.29, 0.717) is 35.1 Å². The Morgan fingerprint density at radius 3 is 2.75 bits per heavy atom. The van der Waals surface area contributed by atoms with Crippen molar-refractivity contribution in [2.24, 2.45) is 0 Å². The summed E-state index contributed by atoms with van der Waals surface area (Å²) in [6.07, 6.45) is 10.2. The SMILES string of the molecule is C=C(/C=C\C=C(/C)C(F)(F)F)N1CC[N+]2(CC1)CC2CCCc1coc2c(c1=O)=CCC(OC)=CC=2. The van der Waals surface area contributed by atoms with Crippen LogP contribution in [-0.4, -0.2) is 61.4 Å². The van der Waals surface area contributed by atoms with Crippen LogP contribution in [0, 0.1) is 0 Å². The number of fused-ring (bicyclic) bond motifs is 1. The fraction of sp³-hybridized carbons (Fsp3) is 0.464. The second-order valence-corrected chi connectivity index (χ2v) is 9.86. The lowest BCUT2D eigenvalue weighted by molar-refractivity contribution is -0.819. The van der Waals surface area contributed by atoms with E-state index in [9.17, 15) is 18.0 Å². The van der Waals surface area contributed by atoms with Crippen LogP contribution in [0.5, 0.6) is 0 Å². The largest absolute Gasteiger partial charge is 0.501 e. The molecule has 194 valence electrons. The van der Waals surface area contributed by atoms with E-state index in [4.69, 9.17) is 9.15 Å². The first kappa shape index (κ1) is 26.1. The number of methoxy groups -OCH3 is 1. The van der Waals surface area contributed by atoms with Gasteiger partial charge in [0.25, 0.3) is 0 Å². The Kier molecular flexibility index (Phi) is 7.64. The fourth-order valence-corrected chi connectivity index (χ4v) is 5.09. The van der Waals surface area contributed by atoms with Gasteiger partial charge in [0.05, 0.1) is 50.5 Å². The number of hydrogen-bond donors (Lipinski definition) is 0. The maximum absolute atomic E-state index is 13.0. The second kappa shape index (κ2) is 10.5. The van der Waals surface area contributed by atoms with Gasteiger partial charge in [-0.1, -0.05) is 24.8 Å². The number of aryl methyl sites for hydroxylation is 1. The molecule has 5 nitrogen and oxygen atoms in total. The van der Waals surface area contributed by atoms with Crippen molar-refractivity contribution in [3.63, 3.8) is 0 Å². The molecule has 1 aromatic rings. The molecule has 1 aliphatic carbocycles. The molecule has 2 fully saturated rings. The number of alkyl halides is 3. The first-order valence-corrected chi connectivity index (χ1v) is 12.4. The molecule has 2 saturated heterocycles. The molecule has 1 spiro atoms. The zero-order valence-corrected chi connectivity index (χ0v) is 20.9. The molecule has 36 heavy (non-hydrogen) atoms. The highest BCUT2D eigenvalue weighted by Gasteiger charge is 2.55. The van der Waals surface area contributed by atoms with Gasteiger partial charge in [-0.15, -0.1) is 0 Å². The summed E-state index contributed by atoms with van der Waals surface area (Å²) in [5.41, 5.74) is 1.45. The molecule has 0 radical (unpaired) electrons. The van der Waals surface area contributed by atoms with E-state index in [-0.39, 0.29) is 5.43 Å². The van der Waals surface area contributed by atoms with E-state index in [1.807, 2.05) is 12.2 Å². The van der Waals surface area contributed by atoms with Crippen molar-refractivity contribution in [2.45, 2.75) is 44.8 Å². The van der Waals surface area contributed by atoms with Crippen LogP contribution in [0.4, 0.5) is 13.2 Å². The average Bonchev–Trinajstić information content (AvgIpc) is 3.56. The molecular weight excluding hydrogens is 469 g/mol. The fourth-order valence-electron chi connectivity index (χ4n) is 5.09. The summed E-state index contributed by atoms with van der Waals surface area (Å²) in [4.78, 5) is 15.1. The Labute approximate surface area is 209 Å². The molecule has 3 aliphatic rings. The Morgan fingerprint density at radius 1 is 1.31 bits per heavy atom. The zero-order chi connectivity index (χ0) is 25.9. The van der Waals surface area contributed by atoms with Crippen molar-refractivity contribution in [3.8, 4) is 0 Å². The van der Waals surface area contributed by atoms with Gasteiger partial charge in [0.15, 0.2) is 5.43 Å². The molecule has 4 rings (SSSR count). The normalized spacial score (nSPS) is 21.4. The third kappa shape index (κ3) is 5.86. The summed E-state index contributed by atoms with van der Waals surface area (Å²) in [5.74, 6) is 0.790. The van der Waals surface area contributed by atoms with Gasteiger partial charge in [-0.2, -0.15) is 13.2 Å². The lowest BCUT2D eigenvalue weighted by atomic mass is 10.1. The van der Waals surface area contributed by atoms with Gasteiger partial charge in [0.1, 0.15) is 18.0 Å². The van der Waals surface area contributed by atoms with Crippen molar-refractivity contribution in [1.82, 2.24) is 4.90 Å². The lowest BCUT2D eigenvalue weighted by Crippen LogP contribution is -2.48. The summed E-state index contributed by atoms with van der Waals surface area (Å²) in [6.45, 7) is 9.96. The third-order valence-electron chi connectivity index (χ3n) is 7.64. The van der Waals surface area contributed by atoms with Crippen molar-refractivity contribution in [3.05, 3.63) is 80.6 Å². The summed E-state index contributed by atoms with van der Waals surface area (Å²) in [7, 11) is 1.62. The van der Waals surface area contributed by atoms with Gasteiger partial charge in [0, 0.05) is 29.7 Å². The first-order chi connectivity index (χ1) is 17.1. The number of nitrogens with zero attached hydrogens (tertiary/aromatic N) is 2. The van der Waals surface area contributed by atoms with Crippen LogP contribution in [0.3, 0.4) is 0 Å². The lowest BCUT2D eigenvalue weighted by Gasteiger charge is -2.35. The number of hydrogen-bond acceptors (Lipinski definition) is 4. The molecule has 1 atom stereocenters. The molecule has 1 aromatic heterocycles. The van der Waals surface area contributed by atoms with E-state index in [1.165, 1.54) is 6.08 Å². The van der Waals surface area contributed by atoms with E-state index < -0.39 is 11.7 Å². The summed E-state index contributed by atoms with van der Waals surface area (Å²) in [6, 6.07) is 0.606. The zero-order valence-electron chi connectivity index (χ0n) is 20.9. The van der Waals surface area contributed by atoms with Crippen molar-refractivity contribution in [1.29, 1.82) is 0 Å². The predicted molar refractivity (Wildman–Crippen MR) is 134 cm³/mol. The van der Waals surface area contributed by atoms with Crippen LogP contribution in [0.1, 0.15) is 31.7 Å². The quantitative estimate of drug-likeness (QED) is 0.309. The second-order valence-electron chi connectivity index (χ2n) is 9.86. The van der Waals surface area contributed by atoms with Crippen LogP contribution < -0.4 is 16.1 Å². The molecule has 2 aliphatic heterocycles. The summed E-state index contributed by atoms with van der Waals surface area (Å²) < 4.78 is 49.9. The number of quaternary nitrogens is 1. The Hall–Kier alpha value is -3.00. The molecule has 0 N–H and O–H groups in total. The van der Waals surface area contributed by atoms with Crippen LogP contribution in [0.2, 0.25) is 0 Å². The topological polar surface area (TPSA) is 42.7 Å². The van der Waals surface area contributed by atoms with E-state index >= 15 is 0 Å². The number of allylic oxidation sites excluding steroid dienone is 6. The molecule has 8 heteroatoms. The minimum atomic E-state index is -4.30. The monoisotopic (exact) mass is 503 g/mol. The predicted octanol–water partition coefficient (Wildman–Crippen LogP) is 3.55. The first-order valence-electron chi connectivity index (χ1n) is 12.4. The van der Waals surface area contributed by atoms with Crippen LogP contribution in [-0.2, 0) is 11.2 Å². The van der Waals surface area contributed by atoms with E-state index in [1.54, 1.807) is 25.5 Å². The smallest absolute Gasteiger partial charge is 0.412 e. The molecule has 3 heterocycles. The molecule has 0 saturated carbocycles. The highest BCUT2D eigenvalue weighted by Crippen LogP contribution is 2.36. The van der Waals surface area contributed by atoms with Crippen molar-refractivity contribution >= 4 is 12.2 Å². The molecule has 1 unspecified atom stereocenters. The standard InChI is InChI=1S/C28H34F3N2O3/c1-20(28(29,30)31)6-4-7-21(2)32-14-16-33(17-15-32)18-23(33)9-5-8-22-19-36-26-13-11-24(35-3)10-12-25(26)27(22)34/h4,6-7,11-13,19,23H,2,5,8-10,14-18H2,1,3H3/q+1/b7-4-,20-6+. The minimum Gasteiger partial charge on any atom is -0.501 e. The summed E-state index contributed by atoms with van der Waals surface area (Å²) >= 11 is 0. The molecular formula is C28H34F3N2O3+. The maximum Gasteiger partial charge on any atom is 0.412 e. The molecule has 0 bridgehead atoms. The molecule has 0 aromatic carbocycles. The van der Waals surface area contributed by atoms with E-state index in [0.717, 1.165) is 74.5 Å². The number of rotatable bonds is 8. The third-order valence-corrected chi connectivity index (χ3v) is 7.64. The van der Waals surface area contributed by atoms with Gasteiger partial charge in [-0.25, -0.2) is 0 Å². The highest BCUT2D eigenvalue weighted by molar-refractivity contribution is 5.43. The van der Waals surface area contributed by atoms with Crippen LogP contribution in [0.25, 0.3) is 12.2 Å². The van der Waals surface area contributed by atoms with Crippen LogP contribution in [0.15, 0.2) is 63.4 Å². The molecule has 0 amide bonds. The van der Waals surface area contributed by atoms with Crippen molar-refractivity contribution < 1.29 is 26.8 Å². The van der Waals surface area contributed by atoms with E-state index in [2.05, 4.69) is 11.5 Å². The average molecular weight is 504 g/mol. The minimum absolute atomic E-state index is 0.0402. The number of halogens is 3. The van der Waals surface area contributed by atoms with Gasteiger partial charge < -0.3 is 18.5 Å². The van der Waals surface area contributed by atoms with Gasteiger partial charge in [-0.3, -0.25) is 4.79 Å². The van der Waals surface area contributed by atoms with Gasteiger partial charge in [-0.05, 0) is 38.0 Å². The van der Waals surface area contributed by atoms with Gasteiger partial charge >= 0.3 is 6.18 Å². The maximum atomic E-state index is 13.0. The summed E-state index contributed by atoms with van der Waals surface area (Å²) in [5, 5.41) is 0.611. The Bertz CT molecular complexity index is 1260. The highest BCUT2D eigenvalue weighted by atomic mass is 19.4.